The molecule has 7 nitrogen and oxygen atoms in total. The second-order valence-corrected chi connectivity index (χ2v) is 5.15. The van der Waals surface area contributed by atoms with E-state index in [9.17, 15) is 14.7 Å². The first-order valence-electron chi connectivity index (χ1n) is 6.64. The average Bonchev–Trinajstić information content (AvgIpc) is 2.92. The molecule has 1 saturated heterocycles. The molecular formula is C14H16N2O5. The molecule has 0 aromatic heterocycles. The molecule has 1 fully saturated rings. The molecule has 0 bridgehead atoms. The van der Waals surface area contributed by atoms with Crippen LogP contribution < -0.4 is 9.47 Å². The molecule has 7 heteroatoms. The third kappa shape index (κ3) is 2.64. The number of aliphatic hydroxyl groups is 1. The van der Waals surface area contributed by atoms with Gasteiger partial charge in [0.15, 0.2) is 11.5 Å². The lowest BCUT2D eigenvalue weighted by atomic mass is 10.1. The van der Waals surface area contributed by atoms with Crippen LogP contribution in [-0.4, -0.2) is 60.2 Å². The molecule has 1 N–H and O–H groups in total. The maximum absolute atomic E-state index is 11.9. The molecule has 3 rings (SSSR count). The van der Waals surface area contributed by atoms with Crippen molar-refractivity contribution in [2.24, 2.45) is 0 Å². The van der Waals surface area contributed by atoms with Gasteiger partial charge >= 0.3 is 0 Å². The zero-order valence-corrected chi connectivity index (χ0v) is 11.6. The summed E-state index contributed by atoms with van der Waals surface area (Å²) < 4.78 is 10.5. The highest BCUT2D eigenvalue weighted by atomic mass is 16.7. The molecule has 2 heterocycles. The summed E-state index contributed by atoms with van der Waals surface area (Å²) in [5.41, 5.74) is 0.624. The van der Waals surface area contributed by atoms with Crippen LogP contribution in [0.3, 0.4) is 0 Å². The number of carbonyl (C=O) groups excluding carboxylic acids is 2. The van der Waals surface area contributed by atoms with Gasteiger partial charge in [-0.2, -0.15) is 0 Å². The van der Waals surface area contributed by atoms with Gasteiger partial charge in [0.2, 0.25) is 18.6 Å². The molecule has 1 atom stereocenters. The fourth-order valence-electron chi connectivity index (χ4n) is 2.36. The van der Waals surface area contributed by atoms with Gasteiger partial charge in [0.05, 0.1) is 25.7 Å². The van der Waals surface area contributed by atoms with Crippen LogP contribution >= 0.6 is 0 Å². The number of hydrogen-bond acceptors (Lipinski definition) is 5. The fraction of sp³-hybridized carbons (Fsp3) is 0.429. The van der Waals surface area contributed by atoms with E-state index in [0.717, 1.165) is 0 Å². The second kappa shape index (κ2) is 5.25. The van der Waals surface area contributed by atoms with Crippen LogP contribution in [0.1, 0.15) is 11.7 Å². The molecule has 1 aromatic rings. The van der Waals surface area contributed by atoms with Crippen LogP contribution in [0, 0.1) is 0 Å². The minimum atomic E-state index is -0.875. The second-order valence-electron chi connectivity index (χ2n) is 5.15. The first kappa shape index (κ1) is 13.7. The van der Waals surface area contributed by atoms with E-state index >= 15 is 0 Å². The molecule has 1 aromatic carbocycles. The first-order chi connectivity index (χ1) is 10.0. The first-order valence-corrected chi connectivity index (χ1v) is 6.64. The molecule has 0 spiro atoms. The van der Waals surface area contributed by atoms with Crippen molar-refractivity contribution in [3.05, 3.63) is 23.8 Å². The Bertz CT molecular complexity index is 589. The lowest BCUT2D eigenvalue weighted by Crippen LogP contribution is -2.53. The number of carbonyl (C=O) groups is 2. The number of nitrogens with zero attached hydrogens (tertiary/aromatic N) is 2. The van der Waals surface area contributed by atoms with E-state index < -0.39 is 6.10 Å². The summed E-state index contributed by atoms with van der Waals surface area (Å²) in [6, 6.07) is 5.13. The Hall–Kier alpha value is -2.28. The summed E-state index contributed by atoms with van der Waals surface area (Å²) >= 11 is 0. The van der Waals surface area contributed by atoms with Gasteiger partial charge in [-0.3, -0.25) is 9.59 Å². The van der Waals surface area contributed by atoms with Gasteiger partial charge in [0.25, 0.3) is 0 Å². The van der Waals surface area contributed by atoms with Gasteiger partial charge in [-0.15, -0.1) is 0 Å². The SMILES string of the molecule is CN1CC(=O)N(CC(O)c2ccc3c(c2)OCO3)CC1=O. The molecular weight excluding hydrogens is 276 g/mol. The van der Waals surface area contributed by atoms with Gasteiger partial charge in [-0.25, -0.2) is 0 Å². The van der Waals surface area contributed by atoms with Gasteiger partial charge in [-0.05, 0) is 17.7 Å². The number of amides is 2. The Morgan fingerprint density at radius 3 is 2.76 bits per heavy atom. The van der Waals surface area contributed by atoms with Gasteiger partial charge in [-0.1, -0.05) is 6.07 Å². The highest BCUT2D eigenvalue weighted by Gasteiger charge is 2.29. The molecule has 1 unspecified atom stereocenters. The summed E-state index contributed by atoms with van der Waals surface area (Å²) in [7, 11) is 1.59. The quantitative estimate of drug-likeness (QED) is 0.831. The lowest BCUT2D eigenvalue weighted by molar-refractivity contribution is -0.150. The van der Waals surface area contributed by atoms with E-state index in [1.165, 1.54) is 9.80 Å². The smallest absolute Gasteiger partial charge is 0.242 e. The number of β-amino-alcohol motifs (C(OH)–C–C–N with tert-alkyl or cyclic N) is 1. The van der Waals surface area contributed by atoms with Gasteiger partial charge in [0.1, 0.15) is 0 Å². The number of benzene rings is 1. The zero-order valence-electron chi connectivity index (χ0n) is 11.6. The van der Waals surface area contributed by atoms with Crippen molar-refractivity contribution in [1.29, 1.82) is 0 Å². The third-order valence-electron chi connectivity index (χ3n) is 3.65. The number of likely N-dealkylation sites (N-methyl/N-ethyl adjacent to an activating group) is 1. The number of aliphatic hydroxyl groups excluding tert-OH is 1. The highest BCUT2D eigenvalue weighted by Crippen LogP contribution is 2.34. The maximum Gasteiger partial charge on any atom is 0.242 e. The highest BCUT2D eigenvalue weighted by molar-refractivity contribution is 5.92. The average molecular weight is 292 g/mol. The maximum atomic E-state index is 11.9. The van der Waals surface area contributed by atoms with Crippen molar-refractivity contribution in [2.75, 3.05) is 33.5 Å². The summed E-state index contributed by atoms with van der Waals surface area (Å²) in [6.07, 6.45) is -0.875. The van der Waals surface area contributed by atoms with Crippen molar-refractivity contribution < 1.29 is 24.2 Å². The number of hydrogen-bond donors (Lipinski definition) is 1. The van der Waals surface area contributed by atoms with Crippen molar-refractivity contribution in [3.8, 4) is 11.5 Å². The summed E-state index contributed by atoms with van der Waals surface area (Å²) in [6.45, 7) is 0.294. The van der Waals surface area contributed by atoms with E-state index in [2.05, 4.69) is 0 Å². The van der Waals surface area contributed by atoms with E-state index in [0.29, 0.717) is 17.1 Å². The molecule has 0 radical (unpaired) electrons. The monoisotopic (exact) mass is 292 g/mol. The molecule has 21 heavy (non-hydrogen) atoms. The van der Waals surface area contributed by atoms with E-state index in [4.69, 9.17) is 9.47 Å². The van der Waals surface area contributed by atoms with Crippen molar-refractivity contribution in [1.82, 2.24) is 9.80 Å². The lowest BCUT2D eigenvalue weighted by Gasteiger charge is -2.32. The molecule has 0 aliphatic carbocycles. The predicted molar refractivity (Wildman–Crippen MR) is 71.7 cm³/mol. The molecule has 2 amide bonds. The van der Waals surface area contributed by atoms with E-state index in [1.807, 2.05) is 0 Å². The van der Waals surface area contributed by atoms with Crippen molar-refractivity contribution >= 4 is 11.8 Å². The van der Waals surface area contributed by atoms with Crippen LogP contribution in [0.4, 0.5) is 0 Å². The van der Waals surface area contributed by atoms with E-state index in [-0.39, 0.29) is 38.2 Å². The molecule has 112 valence electrons. The Morgan fingerprint density at radius 2 is 1.95 bits per heavy atom. The van der Waals surface area contributed by atoms with Gasteiger partial charge < -0.3 is 24.4 Å². The van der Waals surface area contributed by atoms with Crippen LogP contribution in [-0.2, 0) is 9.59 Å². The summed E-state index contributed by atoms with van der Waals surface area (Å²) in [4.78, 5) is 26.3. The third-order valence-corrected chi connectivity index (χ3v) is 3.65. The Labute approximate surface area is 121 Å². The number of fused-ring (bicyclic) bond motifs is 1. The minimum absolute atomic E-state index is 0.00303. The van der Waals surface area contributed by atoms with Crippen LogP contribution in [0.2, 0.25) is 0 Å². The number of ether oxygens (including phenoxy) is 2. The largest absolute Gasteiger partial charge is 0.454 e. The van der Waals surface area contributed by atoms with Crippen LogP contribution in [0.25, 0.3) is 0 Å². The minimum Gasteiger partial charge on any atom is -0.454 e. The molecule has 0 saturated carbocycles. The summed E-state index contributed by atoms with van der Waals surface area (Å²) in [5.74, 6) is 0.911. The Balaban J connectivity index is 1.70. The van der Waals surface area contributed by atoms with Crippen molar-refractivity contribution in [3.63, 3.8) is 0 Å². The summed E-state index contributed by atoms with van der Waals surface area (Å²) in [5, 5.41) is 10.3. The van der Waals surface area contributed by atoms with Gasteiger partial charge in [0, 0.05) is 7.05 Å². The number of piperazine rings is 1. The Morgan fingerprint density at radius 1 is 1.19 bits per heavy atom. The van der Waals surface area contributed by atoms with Crippen LogP contribution in [0.15, 0.2) is 18.2 Å². The molecule has 2 aliphatic heterocycles. The predicted octanol–water partition coefficient (Wildman–Crippen LogP) is -0.251. The normalized spacial score (nSPS) is 19.1. The number of rotatable bonds is 3. The standard InChI is InChI=1S/C14H16N2O5/c1-15-6-14(19)16(7-13(15)18)5-10(17)9-2-3-11-12(4-9)21-8-20-11/h2-4,10,17H,5-8H2,1H3. The fourth-order valence-corrected chi connectivity index (χ4v) is 2.36. The Kier molecular flexibility index (Phi) is 3.42. The van der Waals surface area contributed by atoms with Crippen molar-refractivity contribution in [2.45, 2.75) is 6.10 Å². The van der Waals surface area contributed by atoms with Crippen LogP contribution in [0.5, 0.6) is 11.5 Å². The molecule has 2 aliphatic rings. The zero-order chi connectivity index (χ0) is 15.0. The van der Waals surface area contributed by atoms with E-state index in [1.54, 1.807) is 25.2 Å². The topological polar surface area (TPSA) is 79.3 Å².